The van der Waals surface area contributed by atoms with Gasteiger partial charge >= 0.3 is 6.09 Å². The molecule has 54 heavy (non-hydrogen) atoms. The number of alkyl carbamates (subject to hydrolysis) is 1. The quantitative estimate of drug-likeness (QED) is 0.155. The molecule has 6 aromatic rings. The van der Waals surface area contributed by atoms with Crippen LogP contribution in [0.3, 0.4) is 0 Å². The molecule has 4 aromatic carbocycles. The lowest BCUT2D eigenvalue weighted by molar-refractivity contribution is -0.124. The zero-order valence-electron chi connectivity index (χ0n) is 29.8. The highest BCUT2D eigenvalue weighted by molar-refractivity contribution is 5.86. The number of aromatic nitrogens is 2. The number of carbonyl (C=O) groups is 2. The summed E-state index contributed by atoms with van der Waals surface area (Å²) in [5.41, 5.74) is 4.42. The lowest BCUT2D eigenvalue weighted by atomic mass is 9.72. The first-order valence-electron chi connectivity index (χ1n) is 17.9. The zero-order valence-corrected chi connectivity index (χ0v) is 29.8. The van der Waals surface area contributed by atoms with Crippen molar-refractivity contribution in [2.45, 2.75) is 50.6 Å². The van der Waals surface area contributed by atoms with E-state index in [2.05, 4.69) is 22.0 Å². The number of anilines is 1. The van der Waals surface area contributed by atoms with Gasteiger partial charge in [-0.2, -0.15) is 0 Å². The van der Waals surface area contributed by atoms with Gasteiger partial charge in [0.25, 0.3) is 0 Å². The molecule has 2 unspecified atom stereocenters. The van der Waals surface area contributed by atoms with Crippen LogP contribution in [0.1, 0.15) is 53.8 Å². The molecule has 272 valence electrons. The lowest BCUT2D eigenvalue weighted by Gasteiger charge is -2.28. The third kappa shape index (κ3) is 5.53. The summed E-state index contributed by atoms with van der Waals surface area (Å²) in [4.78, 5) is 37.2. The summed E-state index contributed by atoms with van der Waals surface area (Å²) in [5.74, 6) is 2.30. The van der Waals surface area contributed by atoms with Gasteiger partial charge in [-0.25, -0.2) is 14.8 Å². The van der Waals surface area contributed by atoms with Crippen LogP contribution in [-0.2, 0) is 28.0 Å². The smallest absolute Gasteiger partial charge is 0.408 e. The number of fused-ring (bicyclic) bond motifs is 4. The summed E-state index contributed by atoms with van der Waals surface area (Å²) in [7, 11) is 1.62. The molecule has 2 aromatic heterocycles. The van der Waals surface area contributed by atoms with Crippen molar-refractivity contribution in [3.8, 4) is 34.4 Å². The molecule has 3 aliphatic heterocycles. The highest BCUT2D eigenvalue weighted by Crippen LogP contribution is 2.59. The highest BCUT2D eigenvalue weighted by Gasteiger charge is 2.61. The van der Waals surface area contributed by atoms with Crippen molar-refractivity contribution in [3.05, 3.63) is 137 Å². The Bertz CT molecular complexity index is 2370. The standard InChI is InChI=1S/C42H37N5O7/c1-23(2)34-39-47-35(38-43-21-33(52-38)26-14-16-27(50-3)17-15-26)36(54-39)42-28-11-7-8-12-30(28)44-40(42)53-32-18-13-25(19-29(32)42)20-31(37(48)46-34)45-41(49)51-22-24-9-5-4-6-10-24/h4-19,21,23,31,34,40,44H,20,22H2,1-3H3,(H,45,49)(H,46,48)/t31-,34-,40?,42?/m0/s1. The van der Waals surface area contributed by atoms with Gasteiger partial charge in [0, 0.05) is 23.2 Å². The fourth-order valence-electron chi connectivity index (χ4n) is 7.63. The van der Waals surface area contributed by atoms with E-state index in [4.69, 9.17) is 33.0 Å². The molecule has 0 aliphatic carbocycles. The predicted molar refractivity (Wildman–Crippen MR) is 198 cm³/mol. The third-order valence-corrected chi connectivity index (χ3v) is 10.3. The summed E-state index contributed by atoms with van der Waals surface area (Å²) >= 11 is 0. The molecule has 5 heterocycles. The molecule has 4 atom stereocenters. The van der Waals surface area contributed by atoms with Crippen molar-refractivity contribution in [1.82, 2.24) is 20.6 Å². The van der Waals surface area contributed by atoms with Crippen LogP contribution in [0.5, 0.6) is 11.5 Å². The molecule has 2 amide bonds. The molecule has 0 saturated heterocycles. The maximum atomic E-state index is 14.2. The average Bonchev–Trinajstić information content (AvgIpc) is 3.97. The van der Waals surface area contributed by atoms with E-state index in [-0.39, 0.29) is 30.7 Å². The second-order valence-electron chi connectivity index (χ2n) is 14.0. The fraction of sp³-hybridized carbons (Fsp3) is 0.238. The predicted octanol–water partition coefficient (Wildman–Crippen LogP) is 7.15. The number of ether oxygens (including phenoxy) is 3. The molecule has 12 heteroatoms. The van der Waals surface area contributed by atoms with Crippen LogP contribution in [0.2, 0.25) is 0 Å². The van der Waals surface area contributed by atoms with Gasteiger partial charge in [0.15, 0.2) is 23.4 Å². The summed E-state index contributed by atoms with van der Waals surface area (Å²) < 4.78 is 31.0. The number of rotatable bonds is 7. The Morgan fingerprint density at radius 2 is 1.76 bits per heavy atom. The van der Waals surface area contributed by atoms with Crippen molar-refractivity contribution in [1.29, 1.82) is 0 Å². The number of methoxy groups -OCH3 is 1. The molecule has 3 aliphatic rings. The van der Waals surface area contributed by atoms with Crippen LogP contribution in [0, 0.1) is 5.92 Å². The Morgan fingerprint density at radius 1 is 0.963 bits per heavy atom. The molecule has 0 saturated carbocycles. The first-order chi connectivity index (χ1) is 26.3. The van der Waals surface area contributed by atoms with Gasteiger partial charge in [-0.1, -0.05) is 74.5 Å². The van der Waals surface area contributed by atoms with Crippen LogP contribution in [0.4, 0.5) is 10.5 Å². The SMILES string of the molecule is COc1ccc(-c2cnc(-c3nc4oc3C35c6ccccc6NC3Oc3ccc(cc35)C[C@H](NC(=O)OCc3ccccc3)C(=O)N[C@H]4C(C)C)o2)cc1. The zero-order chi connectivity index (χ0) is 37.0. The van der Waals surface area contributed by atoms with Gasteiger partial charge < -0.3 is 39.0 Å². The first-order valence-corrected chi connectivity index (χ1v) is 17.9. The highest BCUT2D eigenvalue weighted by atomic mass is 16.5. The van der Waals surface area contributed by atoms with Crippen molar-refractivity contribution in [2.75, 3.05) is 12.4 Å². The minimum atomic E-state index is -1.03. The molecule has 0 radical (unpaired) electrons. The van der Waals surface area contributed by atoms with E-state index in [9.17, 15) is 9.59 Å². The average molecular weight is 724 g/mol. The Kier molecular flexibility index (Phi) is 8.10. The largest absolute Gasteiger partial charge is 0.497 e. The molecule has 9 rings (SSSR count). The molecule has 4 bridgehead atoms. The minimum Gasteiger partial charge on any atom is -0.497 e. The van der Waals surface area contributed by atoms with Crippen LogP contribution in [0.15, 0.2) is 112 Å². The molecular formula is C42H37N5O7. The van der Waals surface area contributed by atoms with Crippen molar-refractivity contribution in [3.63, 3.8) is 0 Å². The number of hydrogen-bond acceptors (Lipinski definition) is 10. The number of para-hydroxylation sites is 1. The van der Waals surface area contributed by atoms with E-state index >= 15 is 0 Å². The van der Waals surface area contributed by atoms with E-state index in [0.29, 0.717) is 23.0 Å². The Morgan fingerprint density at radius 3 is 2.56 bits per heavy atom. The van der Waals surface area contributed by atoms with Crippen molar-refractivity contribution in [2.24, 2.45) is 5.92 Å². The van der Waals surface area contributed by atoms with Gasteiger partial charge in [-0.15, -0.1) is 0 Å². The lowest BCUT2D eigenvalue weighted by Crippen LogP contribution is -2.49. The second kappa shape index (κ2) is 13.1. The van der Waals surface area contributed by atoms with Gasteiger partial charge in [-0.3, -0.25) is 4.79 Å². The normalized spacial score (nSPS) is 20.7. The monoisotopic (exact) mass is 723 g/mol. The molecule has 3 N–H and O–H groups in total. The van der Waals surface area contributed by atoms with Crippen molar-refractivity contribution < 1.29 is 32.6 Å². The first kappa shape index (κ1) is 33.3. The number of nitrogens with one attached hydrogen (secondary N) is 3. The summed E-state index contributed by atoms with van der Waals surface area (Å²) in [5, 5.41) is 9.54. The summed E-state index contributed by atoms with van der Waals surface area (Å²) in [6.45, 7) is 4.00. The van der Waals surface area contributed by atoms with Gasteiger partial charge in [-0.05, 0) is 59.0 Å². The van der Waals surface area contributed by atoms with E-state index in [1.807, 2.05) is 105 Å². The number of nitrogens with zero attached hydrogens (tertiary/aromatic N) is 2. The minimum absolute atomic E-state index is 0.0605. The van der Waals surface area contributed by atoms with E-state index < -0.39 is 35.7 Å². The van der Waals surface area contributed by atoms with E-state index in [1.54, 1.807) is 13.3 Å². The van der Waals surface area contributed by atoms with Crippen LogP contribution in [-0.4, -0.2) is 41.3 Å². The third-order valence-electron chi connectivity index (χ3n) is 10.3. The molecular weight excluding hydrogens is 686 g/mol. The fourth-order valence-corrected chi connectivity index (χ4v) is 7.63. The number of benzene rings is 4. The molecule has 12 nitrogen and oxygen atoms in total. The number of oxazole rings is 2. The van der Waals surface area contributed by atoms with Crippen LogP contribution < -0.4 is 25.4 Å². The number of carbonyl (C=O) groups excluding carboxylic acids is 2. The topological polar surface area (TPSA) is 150 Å². The Hall–Kier alpha value is -6.56. The maximum absolute atomic E-state index is 14.2. The Labute approximate surface area is 310 Å². The summed E-state index contributed by atoms with van der Waals surface area (Å²) in [6.07, 6.45) is 0.530. The molecule has 0 fully saturated rings. The number of hydrogen-bond donors (Lipinski definition) is 3. The van der Waals surface area contributed by atoms with E-state index in [1.165, 1.54) is 0 Å². The number of amides is 2. The van der Waals surface area contributed by atoms with Crippen LogP contribution in [0.25, 0.3) is 22.9 Å². The molecule has 1 spiro atoms. The summed E-state index contributed by atoms with van der Waals surface area (Å²) in [6, 6.07) is 29.0. The van der Waals surface area contributed by atoms with E-state index in [0.717, 1.165) is 39.3 Å². The van der Waals surface area contributed by atoms with Crippen LogP contribution >= 0.6 is 0 Å². The van der Waals surface area contributed by atoms with Gasteiger partial charge in [0.2, 0.25) is 17.7 Å². The van der Waals surface area contributed by atoms with Gasteiger partial charge in [0.1, 0.15) is 35.6 Å². The Balaban J connectivity index is 1.18. The maximum Gasteiger partial charge on any atom is 0.408 e. The van der Waals surface area contributed by atoms with Gasteiger partial charge in [0.05, 0.1) is 13.3 Å². The second-order valence-corrected chi connectivity index (χ2v) is 14.0. The van der Waals surface area contributed by atoms with Crippen molar-refractivity contribution >= 4 is 17.7 Å².